The van der Waals surface area contributed by atoms with Crippen LogP contribution in [0, 0.1) is 26.6 Å². The SMILES string of the molecule is CC.Cc1cc(F)c(N2CCN(c3c(C)n[nH]c3C)CC2)cc1C(=O)O. The summed E-state index contributed by atoms with van der Waals surface area (Å²) < 4.78 is 14.3. The second kappa shape index (κ2) is 8.21. The van der Waals surface area contributed by atoms with Gasteiger partial charge in [-0.15, -0.1) is 0 Å². The minimum absolute atomic E-state index is 0.148. The molecule has 0 radical (unpaired) electrons. The average Bonchev–Trinajstić information content (AvgIpc) is 2.95. The Bertz CT molecular complexity index is 761. The van der Waals surface area contributed by atoms with Gasteiger partial charge in [0.05, 0.1) is 28.3 Å². The largest absolute Gasteiger partial charge is 0.478 e. The van der Waals surface area contributed by atoms with Crippen LogP contribution in [0.4, 0.5) is 15.8 Å². The number of hydrogen-bond donors (Lipinski definition) is 2. The molecule has 1 aromatic heterocycles. The second-order valence-electron chi connectivity index (χ2n) is 6.18. The molecule has 2 aromatic rings. The summed E-state index contributed by atoms with van der Waals surface area (Å²) in [6, 6.07) is 2.74. The summed E-state index contributed by atoms with van der Waals surface area (Å²) in [5.74, 6) is -1.40. The topological polar surface area (TPSA) is 72.5 Å². The van der Waals surface area contributed by atoms with Crippen molar-refractivity contribution in [3.05, 3.63) is 40.5 Å². The number of aryl methyl sites for hydroxylation is 3. The fourth-order valence-electron chi connectivity index (χ4n) is 3.32. The molecule has 1 fully saturated rings. The number of anilines is 2. The zero-order chi connectivity index (χ0) is 19.4. The fourth-order valence-corrected chi connectivity index (χ4v) is 3.32. The zero-order valence-electron chi connectivity index (χ0n) is 16.1. The molecule has 1 aromatic carbocycles. The number of hydrogen-bond acceptors (Lipinski definition) is 4. The van der Waals surface area contributed by atoms with E-state index in [1.54, 1.807) is 6.92 Å². The van der Waals surface area contributed by atoms with Crippen molar-refractivity contribution in [3.63, 3.8) is 0 Å². The maximum atomic E-state index is 14.3. The van der Waals surface area contributed by atoms with Crippen LogP contribution in [-0.2, 0) is 0 Å². The molecule has 26 heavy (non-hydrogen) atoms. The number of H-pyrrole nitrogens is 1. The van der Waals surface area contributed by atoms with Gasteiger partial charge in [-0.3, -0.25) is 5.10 Å². The van der Waals surface area contributed by atoms with Gasteiger partial charge in [0, 0.05) is 26.2 Å². The minimum Gasteiger partial charge on any atom is -0.478 e. The Labute approximate surface area is 153 Å². The molecule has 142 valence electrons. The van der Waals surface area contributed by atoms with Crippen LogP contribution in [0.2, 0.25) is 0 Å². The van der Waals surface area contributed by atoms with Crippen LogP contribution >= 0.6 is 0 Å². The van der Waals surface area contributed by atoms with Crippen LogP contribution in [0.1, 0.15) is 41.2 Å². The number of carbonyl (C=O) groups is 1. The Morgan fingerprint density at radius 2 is 1.69 bits per heavy atom. The molecule has 1 saturated heterocycles. The summed E-state index contributed by atoms with van der Waals surface area (Å²) in [5, 5.41) is 16.4. The predicted octanol–water partition coefficient (Wildman–Crippen LogP) is 3.53. The van der Waals surface area contributed by atoms with Crippen molar-refractivity contribution in [1.82, 2.24) is 10.2 Å². The van der Waals surface area contributed by atoms with Gasteiger partial charge < -0.3 is 14.9 Å². The first-order valence-corrected chi connectivity index (χ1v) is 8.93. The maximum absolute atomic E-state index is 14.3. The molecule has 0 saturated carbocycles. The third kappa shape index (κ3) is 3.81. The van der Waals surface area contributed by atoms with E-state index in [9.17, 15) is 14.3 Å². The monoisotopic (exact) mass is 362 g/mol. The number of rotatable bonds is 3. The molecule has 6 nitrogen and oxygen atoms in total. The highest BCUT2D eigenvalue weighted by Crippen LogP contribution is 2.28. The van der Waals surface area contributed by atoms with E-state index in [-0.39, 0.29) is 11.4 Å². The molecule has 0 spiro atoms. The summed E-state index contributed by atoms with van der Waals surface area (Å²) in [4.78, 5) is 15.4. The van der Waals surface area contributed by atoms with Crippen LogP contribution in [0.3, 0.4) is 0 Å². The molecule has 0 bridgehead atoms. The van der Waals surface area contributed by atoms with Crippen molar-refractivity contribution in [3.8, 4) is 0 Å². The Morgan fingerprint density at radius 1 is 1.12 bits per heavy atom. The van der Waals surface area contributed by atoms with Crippen LogP contribution < -0.4 is 9.80 Å². The van der Waals surface area contributed by atoms with E-state index in [2.05, 4.69) is 15.1 Å². The van der Waals surface area contributed by atoms with Crippen molar-refractivity contribution in [2.45, 2.75) is 34.6 Å². The summed E-state index contributed by atoms with van der Waals surface area (Å²) in [6.07, 6.45) is 0. The number of aromatic nitrogens is 2. The van der Waals surface area contributed by atoms with Crippen LogP contribution in [0.5, 0.6) is 0 Å². The molecule has 2 N–H and O–H groups in total. The Kier molecular flexibility index (Phi) is 6.23. The first kappa shape index (κ1) is 19.8. The summed E-state index contributed by atoms with van der Waals surface area (Å²) in [7, 11) is 0. The Hall–Kier alpha value is -2.57. The van der Waals surface area contributed by atoms with E-state index in [0.29, 0.717) is 24.3 Å². The Morgan fingerprint density at radius 3 is 2.19 bits per heavy atom. The molecule has 1 aliphatic heterocycles. The molecular weight excluding hydrogens is 335 g/mol. The van der Waals surface area contributed by atoms with E-state index >= 15 is 0 Å². The first-order valence-electron chi connectivity index (χ1n) is 8.93. The van der Waals surface area contributed by atoms with Gasteiger partial charge >= 0.3 is 5.97 Å². The van der Waals surface area contributed by atoms with Crippen molar-refractivity contribution in [2.75, 3.05) is 36.0 Å². The van der Waals surface area contributed by atoms with Crippen LogP contribution in [-0.4, -0.2) is 47.5 Å². The van der Waals surface area contributed by atoms with Gasteiger partial charge in [-0.05, 0) is 38.5 Å². The Balaban J connectivity index is 0.00000117. The van der Waals surface area contributed by atoms with Crippen molar-refractivity contribution in [2.24, 2.45) is 0 Å². The number of aromatic carboxylic acids is 1. The van der Waals surface area contributed by atoms with Gasteiger partial charge in [-0.2, -0.15) is 5.10 Å². The van der Waals surface area contributed by atoms with E-state index in [0.717, 1.165) is 30.2 Å². The molecular formula is C19H27FN4O2. The number of benzene rings is 1. The van der Waals surface area contributed by atoms with Crippen LogP contribution in [0.15, 0.2) is 12.1 Å². The molecule has 2 heterocycles. The second-order valence-corrected chi connectivity index (χ2v) is 6.18. The summed E-state index contributed by atoms with van der Waals surface area (Å²) in [5.41, 5.74) is 4.03. The number of aromatic amines is 1. The lowest BCUT2D eigenvalue weighted by Gasteiger charge is -2.37. The number of nitrogens with zero attached hydrogens (tertiary/aromatic N) is 3. The van der Waals surface area contributed by atoms with Crippen LogP contribution in [0.25, 0.3) is 0 Å². The predicted molar refractivity (Wildman–Crippen MR) is 102 cm³/mol. The molecule has 0 unspecified atom stereocenters. The van der Waals surface area contributed by atoms with Gasteiger partial charge in [0.2, 0.25) is 0 Å². The minimum atomic E-state index is -1.03. The first-order chi connectivity index (χ1) is 12.4. The number of carboxylic acids is 1. The zero-order valence-corrected chi connectivity index (χ0v) is 16.1. The fraction of sp³-hybridized carbons (Fsp3) is 0.474. The van der Waals surface area contributed by atoms with E-state index in [1.165, 1.54) is 12.1 Å². The standard InChI is InChI=1S/C17H21FN4O2.C2H6/c1-10-8-14(18)15(9-13(10)17(23)24)21-4-6-22(7-5-21)16-11(2)19-20-12(16)3;1-2/h8-9H,4-7H2,1-3H3,(H,19,20)(H,23,24);1-2H3. The third-order valence-corrected chi connectivity index (χ3v) is 4.55. The summed E-state index contributed by atoms with van der Waals surface area (Å²) in [6.45, 7) is 12.3. The van der Waals surface area contributed by atoms with Gasteiger partial charge in [0.15, 0.2) is 0 Å². The third-order valence-electron chi connectivity index (χ3n) is 4.55. The number of carboxylic acid groups (broad SMARTS) is 1. The van der Waals surface area contributed by atoms with Gasteiger partial charge in [-0.25, -0.2) is 9.18 Å². The smallest absolute Gasteiger partial charge is 0.336 e. The van der Waals surface area contributed by atoms with E-state index in [4.69, 9.17) is 0 Å². The molecule has 1 aliphatic rings. The number of piperazine rings is 1. The highest BCUT2D eigenvalue weighted by molar-refractivity contribution is 5.90. The molecule has 0 aliphatic carbocycles. The number of halogens is 1. The molecule has 0 atom stereocenters. The highest BCUT2D eigenvalue weighted by atomic mass is 19.1. The normalized spacial score (nSPS) is 14.1. The maximum Gasteiger partial charge on any atom is 0.336 e. The quantitative estimate of drug-likeness (QED) is 0.874. The lowest BCUT2D eigenvalue weighted by Crippen LogP contribution is -2.47. The molecule has 0 amide bonds. The lowest BCUT2D eigenvalue weighted by atomic mass is 10.1. The van der Waals surface area contributed by atoms with E-state index in [1.807, 2.05) is 32.6 Å². The van der Waals surface area contributed by atoms with Crippen molar-refractivity contribution < 1.29 is 14.3 Å². The van der Waals surface area contributed by atoms with Crippen molar-refractivity contribution in [1.29, 1.82) is 0 Å². The van der Waals surface area contributed by atoms with Gasteiger partial charge in [0.1, 0.15) is 5.82 Å². The number of nitrogens with one attached hydrogen (secondary N) is 1. The van der Waals surface area contributed by atoms with Crippen molar-refractivity contribution >= 4 is 17.3 Å². The average molecular weight is 362 g/mol. The molecule has 3 rings (SSSR count). The van der Waals surface area contributed by atoms with E-state index < -0.39 is 5.97 Å². The highest BCUT2D eigenvalue weighted by Gasteiger charge is 2.24. The lowest BCUT2D eigenvalue weighted by molar-refractivity contribution is 0.0696. The van der Waals surface area contributed by atoms with Gasteiger partial charge in [-0.1, -0.05) is 13.8 Å². The van der Waals surface area contributed by atoms with Gasteiger partial charge in [0.25, 0.3) is 0 Å². The summed E-state index contributed by atoms with van der Waals surface area (Å²) >= 11 is 0. The molecule has 7 heteroatoms.